The maximum Gasteiger partial charge on any atom is 0.312 e. The summed E-state index contributed by atoms with van der Waals surface area (Å²) in [7, 11) is 0. The van der Waals surface area contributed by atoms with Gasteiger partial charge in [-0.05, 0) is 67.4 Å². The van der Waals surface area contributed by atoms with Gasteiger partial charge in [-0.2, -0.15) is 0 Å². The highest BCUT2D eigenvalue weighted by molar-refractivity contribution is 6.38. The molecule has 1 saturated heterocycles. The van der Waals surface area contributed by atoms with Gasteiger partial charge in [-0.1, -0.05) is 36.8 Å². The van der Waals surface area contributed by atoms with Gasteiger partial charge in [-0.3, -0.25) is 19.2 Å². The van der Waals surface area contributed by atoms with Crippen molar-refractivity contribution in [1.82, 2.24) is 20.9 Å². The van der Waals surface area contributed by atoms with Crippen LogP contribution in [0.1, 0.15) is 49.7 Å². The molecule has 5 N–H and O–H groups in total. The Morgan fingerprint density at radius 3 is 2.46 bits per heavy atom. The molecule has 1 aromatic carbocycles. The molecule has 4 rings (SSSR count). The van der Waals surface area contributed by atoms with Crippen LogP contribution in [0, 0.1) is 30.1 Å². The summed E-state index contributed by atoms with van der Waals surface area (Å²) in [6, 6.07) is 4.31. The summed E-state index contributed by atoms with van der Waals surface area (Å²) < 4.78 is 0. The van der Waals surface area contributed by atoms with E-state index in [0.717, 1.165) is 30.4 Å². The molecule has 218 valence electrons. The van der Waals surface area contributed by atoms with Crippen LogP contribution in [0.4, 0.5) is 4.79 Å². The third-order valence-electron chi connectivity index (χ3n) is 8.64. The quantitative estimate of drug-likeness (QED) is 0.131. The summed E-state index contributed by atoms with van der Waals surface area (Å²) >= 11 is 0. The van der Waals surface area contributed by atoms with Gasteiger partial charge in [-0.15, -0.1) is 18.9 Å². The average Bonchev–Trinajstić information content (AvgIpc) is 3.67. The van der Waals surface area contributed by atoms with Crippen LogP contribution in [0.5, 0.6) is 0 Å². The highest BCUT2D eigenvalue weighted by Crippen LogP contribution is 2.43. The number of Topliss-reactive ketones (excluding diaryl/α,β-unsaturated/α-hetero) is 1. The van der Waals surface area contributed by atoms with Crippen LogP contribution in [-0.2, 0) is 32.0 Å². The maximum atomic E-state index is 14.1. The van der Waals surface area contributed by atoms with Crippen LogP contribution < -0.4 is 21.7 Å². The van der Waals surface area contributed by atoms with Crippen LogP contribution in [0.25, 0.3) is 0 Å². The van der Waals surface area contributed by atoms with Crippen LogP contribution in [-0.4, -0.2) is 65.7 Å². The Hall–Kier alpha value is -4.13. The fourth-order valence-electron chi connectivity index (χ4n) is 6.75. The lowest BCUT2D eigenvalue weighted by molar-refractivity contribution is -0.144. The second kappa shape index (κ2) is 13.5. The largest absolute Gasteiger partial charge is 0.352 e. The molecule has 10 nitrogen and oxygen atoms in total. The molecule has 1 heterocycles. The van der Waals surface area contributed by atoms with E-state index in [1.807, 2.05) is 24.3 Å². The first-order chi connectivity index (χ1) is 19.7. The third-order valence-corrected chi connectivity index (χ3v) is 8.64. The number of carbonyl (C=O) groups is 5. The number of hydrogen-bond acceptors (Lipinski definition) is 5. The minimum absolute atomic E-state index is 0.0787. The van der Waals surface area contributed by atoms with Crippen molar-refractivity contribution in [2.75, 3.05) is 13.1 Å². The van der Waals surface area contributed by atoms with Crippen molar-refractivity contribution < 1.29 is 24.0 Å². The molecule has 0 bridgehead atoms. The van der Waals surface area contributed by atoms with Crippen molar-refractivity contribution in [2.45, 2.75) is 69.5 Å². The van der Waals surface area contributed by atoms with Gasteiger partial charge in [0, 0.05) is 19.5 Å². The normalized spacial score (nSPS) is 22.5. The monoisotopic (exact) mass is 561 g/mol. The summed E-state index contributed by atoms with van der Waals surface area (Å²) in [6.45, 7) is 4.03. The fourth-order valence-corrected chi connectivity index (χ4v) is 6.75. The third kappa shape index (κ3) is 6.79. The number of nitrogens with two attached hydrogens (primary N) is 1. The smallest absolute Gasteiger partial charge is 0.312 e. The molecule has 1 aromatic rings. The number of urea groups is 1. The van der Waals surface area contributed by atoms with Gasteiger partial charge in [-0.25, -0.2) is 4.79 Å². The number of nitrogens with one attached hydrogen (secondary N) is 3. The van der Waals surface area contributed by atoms with Crippen molar-refractivity contribution >= 4 is 29.5 Å². The summed E-state index contributed by atoms with van der Waals surface area (Å²) in [6.07, 6.45) is 11.7. The molecular formula is C31H39N5O5. The Morgan fingerprint density at radius 2 is 1.83 bits per heavy atom. The summed E-state index contributed by atoms with van der Waals surface area (Å²) in [5, 5.41) is 7.92. The van der Waals surface area contributed by atoms with Crippen molar-refractivity contribution in [1.29, 1.82) is 0 Å². The van der Waals surface area contributed by atoms with E-state index in [0.29, 0.717) is 32.2 Å². The van der Waals surface area contributed by atoms with Crippen molar-refractivity contribution in [3.63, 3.8) is 0 Å². The molecule has 1 saturated carbocycles. The molecule has 41 heavy (non-hydrogen) atoms. The van der Waals surface area contributed by atoms with E-state index < -0.39 is 41.8 Å². The molecule has 1 aliphatic heterocycles. The standard InChI is InChI=1S/C31H39N5O5/c1-3-5-6-14-24(27(37)29(39)33-15-4-2)34-28(38)26-23-13-9-12-21(23)18-36(26)30(40)25(35-31(32)41)22-16-19-10-7-8-11-20(19)17-22/h1,4,7-8,10-11,21-26H,2,5-6,9,12-18H2,(H,33,39)(H,34,38)(H3,32,35,41)/t21-,23-,24?,25-,26-/m0/s1. The van der Waals surface area contributed by atoms with E-state index in [2.05, 4.69) is 28.4 Å². The predicted molar refractivity (Wildman–Crippen MR) is 153 cm³/mol. The van der Waals surface area contributed by atoms with Crippen molar-refractivity contribution in [3.05, 3.63) is 48.0 Å². The van der Waals surface area contributed by atoms with Crippen LogP contribution in [0.2, 0.25) is 0 Å². The zero-order valence-electron chi connectivity index (χ0n) is 23.3. The maximum absolute atomic E-state index is 14.1. The lowest BCUT2D eigenvalue weighted by Gasteiger charge is -2.33. The molecule has 1 unspecified atom stereocenters. The fraction of sp³-hybridized carbons (Fsp3) is 0.516. The van der Waals surface area contributed by atoms with E-state index in [1.165, 1.54) is 6.08 Å². The van der Waals surface area contributed by atoms with E-state index in [1.54, 1.807) is 4.90 Å². The molecule has 0 aromatic heterocycles. The van der Waals surface area contributed by atoms with Gasteiger partial charge in [0.05, 0.1) is 6.04 Å². The van der Waals surface area contributed by atoms with E-state index in [-0.39, 0.29) is 36.6 Å². The van der Waals surface area contributed by atoms with Crippen LogP contribution in [0.15, 0.2) is 36.9 Å². The predicted octanol–water partition coefficient (Wildman–Crippen LogP) is 1.23. The molecule has 0 spiro atoms. The number of hydrogen-bond donors (Lipinski definition) is 4. The molecule has 3 aliphatic rings. The Labute approximate surface area is 240 Å². The van der Waals surface area contributed by atoms with Crippen molar-refractivity contribution in [3.8, 4) is 12.3 Å². The number of carbonyl (C=O) groups excluding carboxylic acids is 5. The minimum Gasteiger partial charge on any atom is -0.352 e. The average molecular weight is 562 g/mol. The number of benzene rings is 1. The number of likely N-dealkylation sites (tertiary alicyclic amines) is 1. The first kappa shape index (κ1) is 29.8. The number of amides is 5. The Bertz CT molecular complexity index is 1210. The SMILES string of the molecule is C#CCCCC(NC(=O)[C@@H]1[C@H]2CCC[C@H]2CN1C(=O)[C@@H](NC(N)=O)C1Cc2ccccc2C1)C(=O)C(=O)NCC=C. The van der Waals surface area contributed by atoms with Gasteiger partial charge < -0.3 is 26.6 Å². The van der Waals surface area contributed by atoms with E-state index in [4.69, 9.17) is 12.2 Å². The van der Waals surface area contributed by atoms with Gasteiger partial charge >= 0.3 is 6.03 Å². The van der Waals surface area contributed by atoms with Gasteiger partial charge in [0.15, 0.2) is 0 Å². The Kier molecular flexibility index (Phi) is 9.82. The molecule has 5 amide bonds. The number of nitrogens with zero attached hydrogens (tertiary/aromatic N) is 1. The zero-order valence-corrected chi connectivity index (χ0v) is 23.3. The Balaban J connectivity index is 1.56. The van der Waals surface area contributed by atoms with Crippen LogP contribution >= 0.6 is 0 Å². The van der Waals surface area contributed by atoms with Crippen LogP contribution in [0.3, 0.4) is 0 Å². The number of rotatable bonds is 12. The van der Waals surface area contributed by atoms with Gasteiger partial charge in [0.2, 0.25) is 17.6 Å². The first-order valence-corrected chi connectivity index (χ1v) is 14.3. The topological polar surface area (TPSA) is 151 Å². The number of fused-ring (bicyclic) bond motifs is 2. The lowest BCUT2D eigenvalue weighted by atomic mass is 9.92. The highest BCUT2D eigenvalue weighted by Gasteiger charge is 2.52. The molecule has 10 heteroatoms. The molecule has 5 atom stereocenters. The zero-order chi connectivity index (χ0) is 29.5. The summed E-state index contributed by atoms with van der Waals surface area (Å²) in [4.78, 5) is 67.0. The summed E-state index contributed by atoms with van der Waals surface area (Å²) in [5.74, 6) is -0.0537. The summed E-state index contributed by atoms with van der Waals surface area (Å²) in [5.41, 5.74) is 7.76. The number of primary amides is 1. The minimum atomic E-state index is -1.08. The second-order valence-electron chi connectivity index (χ2n) is 11.2. The molecule has 2 aliphatic carbocycles. The van der Waals surface area contributed by atoms with E-state index in [9.17, 15) is 24.0 Å². The highest BCUT2D eigenvalue weighted by atomic mass is 16.2. The number of ketones is 1. The van der Waals surface area contributed by atoms with Crippen molar-refractivity contribution in [2.24, 2.45) is 23.5 Å². The molecule has 0 radical (unpaired) electrons. The van der Waals surface area contributed by atoms with Gasteiger partial charge in [0.1, 0.15) is 12.1 Å². The second-order valence-corrected chi connectivity index (χ2v) is 11.2. The lowest BCUT2D eigenvalue weighted by Crippen LogP contribution is -2.59. The Morgan fingerprint density at radius 1 is 1.12 bits per heavy atom. The van der Waals surface area contributed by atoms with Gasteiger partial charge in [0.25, 0.3) is 5.91 Å². The number of terminal acetylenes is 1. The molecular weight excluding hydrogens is 522 g/mol. The number of unbranched alkanes of at least 4 members (excludes halogenated alkanes) is 1. The first-order valence-electron chi connectivity index (χ1n) is 14.3. The van der Waals surface area contributed by atoms with E-state index >= 15 is 0 Å². The molecule has 2 fully saturated rings.